The van der Waals surface area contributed by atoms with Gasteiger partial charge in [-0.3, -0.25) is 0 Å². The highest BCUT2D eigenvalue weighted by Gasteiger charge is 2.43. The summed E-state index contributed by atoms with van der Waals surface area (Å²) >= 11 is 0. The van der Waals surface area contributed by atoms with Gasteiger partial charge in [-0.1, -0.05) is 32.3 Å². The molecule has 0 amide bonds. The Morgan fingerprint density at radius 3 is 2.89 bits per heavy atom. The van der Waals surface area contributed by atoms with E-state index >= 15 is 0 Å². The van der Waals surface area contributed by atoms with Crippen molar-refractivity contribution in [3.05, 3.63) is 29.3 Å². The van der Waals surface area contributed by atoms with Crippen LogP contribution in [0, 0.1) is 5.92 Å². The third-order valence-corrected chi connectivity index (χ3v) is 5.43. The quantitative estimate of drug-likeness (QED) is 0.838. The Morgan fingerprint density at radius 1 is 1.26 bits per heavy atom. The predicted octanol–water partition coefficient (Wildman–Crippen LogP) is 3.42. The lowest BCUT2D eigenvalue weighted by Gasteiger charge is -2.47. The van der Waals surface area contributed by atoms with E-state index in [1.165, 1.54) is 43.2 Å². The fourth-order valence-electron chi connectivity index (χ4n) is 4.16. The van der Waals surface area contributed by atoms with Crippen LogP contribution in [-0.4, -0.2) is 13.2 Å². The summed E-state index contributed by atoms with van der Waals surface area (Å²) in [5.41, 5.74) is 9.72. The van der Waals surface area contributed by atoms with Gasteiger partial charge in [0.2, 0.25) is 0 Å². The molecule has 1 fully saturated rings. The Kier molecular flexibility index (Phi) is 3.30. The van der Waals surface area contributed by atoms with Crippen LogP contribution in [0.3, 0.4) is 0 Å². The van der Waals surface area contributed by atoms with E-state index < -0.39 is 0 Å². The average molecular weight is 259 g/mol. The number of methoxy groups -OCH3 is 1. The second kappa shape index (κ2) is 4.82. The van der Waals surface area contributed by atoms with Crippen molar-refractivity contribution in [2.24, 2.45) is 11.7 Å². The van der Waals surface area contributed by atoms with Crippen molar-refractivity contribution in [2.75, 3.05) is 7.11 Å². The maximum Gasteiger partial charge on any atom is 0.119 e. The molecule has 3 rings (SSSR count). The van der Waals surface area contributed by atoms with Gasteiger partial charge in [-0.25, -0.2) is 0 Å². The van der Waals surface area contributed by atoms with Gasteiger partial charge in [-0.05, 0) is 48.4 Å². The Bertz CT molecular complexity index is 470. The summed E-state index contributed by atoms with van der Waals surface area (Å²) < 4.78 is 5.41. The van der Waals surface area contributed by atoms with Crippen LogP contribution >= 0.6 is 0 Å². The molecule has 2 bridgehead atoms. The zero-order valence-corrected chi connectivity index (χ0v) is 12.1. The van der Waals surface area contributed by atoms with E-state index in [0.717, 1.165) is 12.2 Å². The average Bonchev–Trinajstić information content (AvgIpc) is 2.43. The number of rotatable bonds is 1. The van der Waals surface area contributed by atoms with Crippen LogP contribution in [0.2, 0.25) is 0 Å². The van der Waals surface area contributed by atoms with E-state index in [0.29, 0.717) is 12.0 Å². The van der Waals surface area contributed by atoms with Crippen molar-refractivity contribution in [1.82, 2.24) is 0 Å². The van der Waals surface area contributed by atoms with Gasteiger partial charge < -0.3 is 10.5 Å². The van der Waals surface area contributed by atoms with Crippen molar-refractivity contribution in [2.45, 2.75) is 56.9 Å². The molecule has 104 valence electrons. The van der Waals surface area contributed by atoms with Crippen LogP contribution in [0.25, 0.3) is 0 Å². The van der Waals surface area contributed by atoms with Crippen LogP contribution in [0.1, 0.15) is 50.2 Å². The molecule has 2 nitrogen and oxygen atoms in total. The number of ether oxygens (including phenoxy) is 1. The van der Waals surface area contributed by atoms with Crippen LogP contribution < -0.4 is 10.5 Å². The van der Waals surface area contributed by atoms with E-state index in [2.05, 4.69) is 25.1 Å². The van der Waals surface area contributed by atoms with Gasteiger partial charge in [-0.15, -0.1) is 0 Å². The molecule has 1 aromatic carbocycles. The molecular weight excluding hydrogens is 234 g/mol. The van der Waals surface area contributed by atoms with Gasteiger partial charge >= 0.3 is 0 Å². The first-order valence-corrected chi connectivity index (χ1v) is 7.58. The van der Waals surface area contributed by atoms with E-state index in [4.69, 9.17) is 10.5 Å². The zero-order chi connectivity index (χ0) is 13.5. The summed E-state index contributed by atoms with van der Waals surface area (Å²) in [5, 5.41) is 0. The topological polar surface area (TPSA) is 35.2 Å². The van der Waals surface area contributed by atoms with Crippen LogP contribution in [-0.2, 0) is 11.8 Å². The Hall–Kier alpha value is -1.02. The third-order valence-electron chi connectivity index (χ3n) is 5.43. The van der Waals surface area contributed by atoms with E-state index in [1.807, 2.05) is 0 Å². The molecule has 2 aliphatic carbocycles. The highest BCUT2D eigenvalue weighted by atomic mass is 16.5. The van der Waals surface area contributed by atoms with Gasteiger partial charge in [0, 0.05) is 11.5 Å². The molecule has 19 heavy (non-hydrogen) atoms. The molecule has 0 unspecified atom stereocenters. The molecular formula is C17H25NO. The molecule has 0 spiro atoms. The molecule has 3 atom stereocenters. The molecule has 1 aromatic rings. The smallest absolute Gasteiger partial charge is 0.119 e. The number of hydrogen-bond donors (Lipinski definition) is 1. The highest BCUT2D eigenvalue weighted by molar-refractivity contribution is 5.44. The summed E-state index contributed by atoms with van der Waals surface area (Å²) in [6.45, 7) is 2.37. The van der Waals surface area contributed by atoms with Crippen LogP contribution in [0.5, 0.6) is 5.75 Å². The third kappa shape index (κ3) is 2.06. The van der Waals surface area contributed by atoms with E-state index in [-0.39, 0.29) is 5.41 Å². The molecule has 0 heterocycles. The standard InChI is InChI=1S/C17H25NO/c1-17-9-5-3-4-6-13(16(17)18)10-12-7-8-14(19-2)11-15(12)17/h7-8,11,13,16H,3-6,9-10,18H2,1-2H3/t13-,16+,17-/m1/s1. The van der Waals surface area contributed by atoms with Crippen molar-refractivity contribution in [3.8, 4) is 5.75 Å². The molecule has 0 aliphatic heterocycles. The molecule has 2 aliphatic rings. The van der Waals surface area contributed by atoms with Gasteiger partial charge in [0.25, 0.3) is 0 Å². The lowest BCUT2D eigenvalue weighted by atomic mass is 9.60. The minimum absolute atomic E-state index is 0.132. The predicted molar refractivity (Wildman–Crippen MR) is 78.6 cm³/mol. The highest BCUT2D eigenvalue weighted by Crippen LogP contribution is 2.46. The lowest BCUT2D eigenvalue weighted by Crippen LogP contribution is -2.52. The van der Waals surface area contributed by atoms with Crippen LogP contribution in [0.15, 0.2) is 18.2 Å². The maximum atomic E-state index is 6.65. The van der Waals surface area contributed by atoms with Crippen molar-refractivity contribution < 1.29 is 4.74 Å². The summed E-state index contributed by atoms with van der Waals surface area (Å²) in [6.07, 6.45) is 7.66. The SMILES string of the molecule is COc1ccc2c(c1)[C@@]1(C)CCCCC[C@H](C2)[C@@H]1N. The summed E-state index contributed by atoms with van der Waals surface area (Å²) in [6, 6.07) is 6.88. The maximum absolute atomic E-state index is 6.65. The first-order valence-electron chi connectivity index (χ1n) is 7.58. The zero-order valence-electron chi connectivity index (χ0n) is 12.1. The second-order valence-electron chi connectivity index (χ2n) is 6.53. The Morgan fingerprint density at radius 2 is 2.11 bits per heavy atom. The van der Waals surface area contributed by atoms with Gasteiger partial charge in [0.1, 0.15) is 5.75 Å². The normalized spacial score (nSPS) is 34.1. The van der Waals surface area contributed by atoms with Crippen LogP contribution in [0.4, 0.5) is 0 Å². The molecule has 2 heteroatoms. The van der Waals surface area contributed by atoms with Gasteiger partial charge in [0.15, 0.2) is 0 Å². The summed E-state index contributed by atoms with van der Waals surface area (Å²) in [7, 11) is 1.74. The first-order chi connectivity index (χ1) is 9.15. The van der Waals surface area contributed by atoms with E-state index in [1.54, 1.807) is 7.11 Å². The monoisotopic (exact) mass is 259 g/mol. The van der Waals surface area contributed by atoms with Gasteiger partial charge in [-0.2, -0.15) is 0 Å². The molecule has 0 aromatic heterocycles. The summed E-state index contributed by atoms with van der Waals surface area (Å²) in [5.74, 6) is 1.62. The molecule has 0 saturated heterocycles. The Balaban J connectivity index is 2.09. The number of fused-ring (bicyclic) bond motifs is 4. The van der Waals surface area contributed by atoms with Crippen molar-refractivity contribution in [1.29, 1.82) is 0 Å². The summed E-state index contributed by atoms with van der Waals surface area (Å²) in [4.78, 5) is 0. The van der Waals surface area contributed by atoms with E-state index in [9.17, 15) is 0 Å². The minimum Gasteiger partial charge on any atom is -0.497 e. The fraction of sp³-hybridized carbons (Fsp3) is 0.647. The number of hydrogen-bond acceptors (Lipinski definition) is 2. The Labute approximate surface area is 116 Å². The molecule has 2 N–H and O–H groups in total. The lowest BCUT2D eigenvalue weighted by molar-refractivity contribution is 0.201. The first kappa shape index (κ1) is 13.0. The molecule has 0 radical (unpaired) electrons. The largest absolute Gasteiger partial charge is 0.497 e. The number of nitrogens with two attached hydrogens (primary N) is 1. The van der Waals surface area contributed by atoms with Crippen molar-refractivity contribution >= 4 is 0 Å². The van der Waals surface area contributed by atoms with Gasteiger partial charge in [0.05, 0.1) is 7.11 Å². The number of benzene rings is 1. The molecule has 1 saturated carbocycles. The fourth-order valence-corrected chi connectivity index (χ4v) is 4.16. The second-order valence-corrected chi connectivity index (χ2v) is 6.53. The van der Waals surface area contributed by atoms with Crippen molar-refractivity contribution in [3.63, 3.8) is 0 Å². The minimum atomic E-state index is 0.132.